The second-order valence-electron chi connectivity index (χ2n) is 4.62. The van der Waals surface area contributed by atoms with Crippen molar-refractivity contribution in [3.05, 3.63) is 0 Å². The summed E-state index contributed by atoms with van der Waals surface area (Å²) in [5.74, 6) is 2.11. The minimum Gasteiger partial charge on any atom is -0.0654 e. The lowest BCUT2D eigenvalue weighted by Gasteiger charge is -2.26. The van der Waals surface area contributed by atoms with Crippen molar-refractivity contribution in [2.24, 2.45) is 11.8 Å². The molecule has 0 saturated heterocycles. The average molecular weight is 168 g/mol. The molecular formula is C12H24. The quantitative estimate of drug-likeness (QED) is 0.551. The molecule has 1 fully saturated rings. The zero-order valence-corrected chi connectivity index (χ0v) is 8.81. The molecule has 1 rings (SSSR count). The molecule has 0 heterocycles. The topological polar surface area (TPSA) is 0 Å². The smallest absolute Gasteiger partial charge is 0.0414 e. The van der Waals surface area contributed by atoms with Crippen LogP contribution in [0.15, 0.2) is 0 Å². The Labute approximate surface area is 77.7 Å². The first kappa shape index (κ1) is 10.1. The van der Waals surface area contributed by atoms with Crippen LogP contribution in [0.25, 0.3) is 0 Å². The van der Waals surface area contributed by atoms with Gasteiger partial charge in [-0.05, 0) is 11.8 Å². The second kappa shape index (κ2) is 5.61. The Morgan fingerprint density at radius 1 is 1.25 bits per heavy atom. The Bertz CT molecular complexity index is 103. The van der Waals surface area contributed by atoms with E-state index in [1.165, 1.54) is 51.4 Å². The molecule has 1 aliphatic rings. The molecule has 0 bridgehead atoms. The average Bonchev–Trinajstić information content (AvgIpc) is 1.98. The molecule has 1 saturated carbocycles. The molecule has 0 aromatic heterocycles. The van der Waals surface area contributed by atoms with Gasteiger partial charge in [0.05, 0.1) is 0 Å². The molecule has 72 valence electrons. The molecule has 0 spiro atoms. The maximum Gasteiger partial charge on any atom is -0.0414 e. The van der Waals surface area contributed by atoms with E-state index in [1.807, 2.05) is 0 Å². The maximum absolute atomic E-state index is 2.42. The highest BCUT2D eigenvalue weighted by atomic mass is 14.2. The fraction of sp³-hybridized carbons (Fsp3) is 1.00. The monoisotopic (exact) mass is 168 g/mol. The lowest BCUT2D eigenvalue weighted by molar-refractivity contribution is 0.269. The molecule has 1 aliphatic carbocycles. The van der Waals surface area contributed by atoms with Crippen molar-refractivity contribution in [1.29, 1.82) is 0 Å². The van der Waals surface area contributed by atoms with E-state index < -0.39 is 0 Å². The van der Waals surface area contributed by atoms with E-state index in [9.17, 15) is 0 Å². The molecule has 12 heavy (non-hydrogen) atoms. The second-order valence-corrected chi connectivity index (χ2v) is 4.62. The van der Waals surface area contributed by atoms with E-state index in [-0.39, 0.29) is 0 Å². The van der Waals surface area contributed by atoms with E-state index in [2.05, 4.69) is 13.8 Å². The first-order chi connectivity index (χ1) is 5.83. The third-order valence-corrected chi connectivity index (χ3v) is 3.34. The largest absolute Gasteiger partial charge is 0.0654 e. The number of hydrogen-bond acceptors (Lipinski definition) is 0. The van der Waals surface area contributed by atoms with Gasteiger partial charge in [0.25, 0.3) is 0 Å². The molecule has 0 aromatic rings. The summed E-state index contributed by atoms with van der Waals surface area (Å²) in [5.41, 5.74) is 0. The van der Waals surface area contributed by atoms with Crippen LogP contribution in [0.4, 0.5) is 0 Å². The molecule has 1 atom stereocenters. The third kappa shape index (κ3) is 3.60. The van der Waals surface area contributed by atoms with Crippen LogP contribution < -0.4 is 0 Å². The molecule has 1 unspecified atom stereocenters. The van der Waals surface area contributed by atoms with Gasteiger partial charge in [-0.25, -0.2) is 0 Å². The highest BCUT2D eigenvalue weighted by Crippen LogP contribution is 2.32. The molecule has 0 aromatic carbocycles. The van der Waals surface area contributed by atoms with Gasteiger partial charge in [-0.15, -0.1) is 0 Å². The first-order valence-electron chi connectivity index (χ1n) is 5.83. The van der Waals surface area contributed by atoms with Crippen molar-refractivity contribution in [2.75, 3.05) is 0 Å². The molecule has 0 N–H and O–H groups in total. The van der Waals surface area contributed by atoms with E-state index in [1.54, 1.807) is 0 Å². The fourth-order valence-electron chi connectivity index (χ4n) is 2.00. The van der Waals surface area contributed by atoms with Crippen molar-refractivity contribution in [2.45, 2.75) is 65.2 Å². The minimum absolute atomic E-state index is 0.991. The van der Waals surface area contributed by atoms with E-state index in [0.717, 1.165) is 11.8 Å². The minimum atomic E-state index is 0.991. The summed E-state index contributed by atoms with van der Waals surface area (Å²) in [6, 6.07) is 0. The van der Waals surface area contributed by atoms with Crippen LogP contribution in [-0.4, -0.2) is 0 Å². The zero-order valence-electron chi connectivity index (χ0n) is 8.81. The van der Waals surface area contributed by atoms with Crippen LogP contribution in [0.3, 0.4) is 0 Å². The van der Waals surface area contributed by atoms with Crippen molar-refractivity contribution in [1.82, 2.24) is 0 Å². The molecule has 0 aliphatic heterocycles. The Balaban J connectivity index is 1.90. The molecule has 0 amide bonds. The normalized spacial score (nSPS) is 20.5. The van der Waals surface area contributed by atoms with Crippen molar-refractivity contribution < 1.29 is 0 Å². The van der Waals surface area contributed by atoms with Gasteiger partial charge in [0.15, 0.2) is 0 Å². The van der Waals surface area contributed by atoms with Gasteiger partial charge in [0.1, 0.15) is 0 Å². The summed E-state index contributed by atoms with van der Waals surface area (Å²) >= 11 is 0. The van der Waals surface area contributed by atoms with Crippen LogP contribution in [-0.2, 0) is 0 Å². The Kier molecular flexibility index (Phi) is 4.72. The summed E-state index contributed by atoms with van der Waals surface area (Å²) in [7, 11) is 0. The summed E-state index contributed by atoms with van der Waals surface area (Å²) in [6.07, 6.45) is 11.8. The summed E-state index contributed by atoms with van der Waals surface area (Å²) in [5, 5.41) is 0. The fourth-order valence-corrected chi connectivity index (χ4v) is 2.00. The number of unbranched alkanes of at least 4 members (excludes halogenated alkanes) is 1. The highest BCUT2D eigenvalue weighted by molar-refractivity contribution is 4.70. The summed E-state index contributed by atoms with van der Waals surface area (Å²) in [6.45, 7) is 4.72. The molecular weight excluding hydrogens is 144 g/mol. The maximum atomic E-state index is 2.42. The Morgan fingerprint density at radius 3 is 2.50 bits per heavy atom. The van der Waals surface area contributed by atoms with E-state index >= 15 is 0 Å². The SMILES string of the molecule is CCCCC(C)CCC1CCC1. The molecule has 0 radical (unpaired) electrons. The summed E-state index contributed by atoms with van der Waals surface area (Å²) < 4.78 is 0. The van der Waals surface area contributed by atoms with Gasteiger partial charge in [-0.2, -0.15) is 0 Å². The standard InChI is InChI=1S/C12H24/c1-3-4-6-11(2)9-10-12-7-5-8-12/h11-12H,3-10H2,1-2H3. The lowest BCUT2D eigenvalue weighted by atomic mass is 9.80. The summed E-state index contributed by atoms with van der Waals surface area (Å²) in [4.78, 5) is 0. The van der Waals surface area contributed by atoms with Crippen LogP contribution in [0.2, 0.25) is 0 Å². The lowest BCUT2D eigenvalue weighted by Crippen LogP contribution is -2.12. The van der Waals surface area contributed by atoms with Crippen LogP contribution in [0.1, 0.15) is 65.2 Å². The third-order valence-electron chi connectivity index (χ3n) is 3.34. The van der Waals surface area contributed by atoms with E-state index in [0.29, 0.717) is 0 Å². The zero-order chi connectivity index (χ0) is 8.81. The number of rotatable bonds is 6. The molecule has 0 nitrogen and oxygen atoms in total. The Hall–Kier alpha value is 0. The highest BCUT2D eigenvalue weighted by Gasteiger charge is 2.17. The van der Waals surface area contributed by atoms with Gasteiger partial charge in [-0.1, -0.05) is 65.2 Å². The van der Waals surface area contributed by atoms with Crippen molar-refractivity contribution in [3.63, 3.8) is 0 Å². The van der Waals surface area contributed by atoms with Gasteiger partial charge in [-0.3, -0.25) is 0 Å². The number of hydrogen-bond donors (Lipinski definition) is 0. The van der Waals surface area contributed by atoms with Crippen LogP contribution in [0, 0.1) is 11.8 Å². The van der Waals surface area contributed by atoms with Gasteiger partial charge in [0.2, 0.25) is 0 Å². The van der Waals surface area contributed by atoms with Crippen LogP contribution in [0.5, 0.6) is 0 Å². The van der Waals surface area contributed by atoms with Crippen molar-refractivity contribution >= 4 is 0 Å². The predicted molar refractivity (Wildman–Crippen MR) is 55.3 cm³/mol. The Morgan fingerprint density at radius 2 is 2.00 bits per heavy atom. The van der Waals surface area contributed by atoms with E-state index in [4.69, 9.17) is 0 Å². The predicted octanol–water partition coefficient (Wildman–Crippen LogP) is 4.39. The first-order valence-corrected chi connectivity index (χ1v) is 5.83. The van der Waals surface area contributed by atoms with Crippen molar-refractivity contribution in [3.8, 4) is 0 Å². The molecule has 0 heteroatoms. The van der Waals surface area contributed by atoms with Gasteiger partial charge >= 0.3 is 0 Å². The van der Waals surface area contributed by atoms with Gasteiger partial charge < -0.3 is 0 Å². The van der Waals surface area contributed by atoms with Gasteiger partial charge in [0, 0.05) is 0 Å². The van der Waals surface area contributed by atoms with Crippen LogP contribution >= 0.6 is 0 Å².